The third-order valence-corrected chi connectivity index (χ3v) is 4.92. The summed E-state index contributed by atoms with van der Waals surface area (Å²) in [6.07, 6.45) is 11.8. The molecule has 0 amide bonds. The second-order valence-corrected chi connectivity index (χ2v) is 6.60. The van der Waals surface area contributed by atoms with Crippen LogP contribution in [0.15, 0.2) is 36.7 Å². The summed E-state index contributed by atoms with van der Waals surface area (Å²) in [5.41, 5.74) is 2.73. The van der Waals surface area contributed by atoms with Crippen molar-refractivity contribution in [3.8, 4) is 0 Å². The Hall–Kier alpha value is -1.15. The highest BCUT2D eigenvalue weighted by Crippen LogP contribution is 2.31. The Morgan fingerprint density at radius 3 is 2.18 bits per heavy atom. The van der Waals surface area contributed by atoms with Crippen molar-refractivity contribution in [1.82, 2.24) is 0 Å². The van der Waals surface area contributed by atoms with E-state index >= 15 is 0 Å². The van der Waals surface area contributed by atoms with E-state index in [4.69, 9.17) is 4.74 Å². The molecule has 2 rings (SSSR count). The molecule has 1 fully saturated rings. The van der Waals surface area contributed by atoms with Crippen LogP contribution in [0.2, 0.25) is 0 Å². The van der Waals surface area contributed by atoms with Crippen LogP contribution in [0, 0.1) is 11.8 Å². The van der Waals surface area contributed by atoms with Crippen molar-refractivity contribution < 1.29 is 9.13 Å². The van der Waals surface area contributed by atoms with Crippen molar-refractivity contribution >= 4 is 0 Å². The van der Waals surface area contributed by atoms with E-state index in [0.717, 1.165) is 31.3 Å². The number of methoxy groups -OCH3 is 1. The molecule has 0 atom stereocenters. The SMILES string of the molecule is COC[C@H]1CC[C@H](CCc2ccc(CC/C=C/F)cc2)CC1. The highest BCUT2D eigenvalue weighted by molar-refractivity contribution is 5.23. The molecule has 0 heterocycles. The highest BCUT2D eigenvalue weighted by atomic mass is 19.1. The lowest BCUT2D eigenvalue weighted by atomic mass is 9.80. The van der Waals surface area contributed by atoms with Crippen LogP contribution in [0.1, 0.15) is 49.7 Å². The van der Waals surface area contributed by atoms with Gasteiger partial charge in [-0.2, -0.15) is 0 Å². The molecule has 1 saturated carbocycles. The van der Waals surface area contributed by atoms with E-state index in [1.165, 1.54) is 49.7 Å². The Bertz CT molecular complexity index is 430. The Balaban J connectivity index is 1.69. The maximum atomic E-state index is 11.9. The second kappa shape index (κ2) is 9.78. The van der Waals surface area contributed by atoms with Gasteiger partial charge < -0.3 is 4.74 Å². The molecule has 0 aromatic heterocycles. The summed E-state index contributed by atoms with van der Waals surface area (Å²) in [6, 6.07) is 8.86. The largest absolute Gasteiger partial charge is 0.384 e. The average Bonchev–Trinajstić information content (AvgIpc) is 2.56. The minimum atomic E-state index is 0.635. The van der Waals surface area contributed by atoms with E-state index in [1.807, 2.05) is 7.11 Å². The lowest BCUT2D eigenvalue weighted by molar-refractivity contribution is 0.117. The predicted molar refractivity (Wildman–Crippen MR) is 90.7 cm³/mol. The van der Waals surface area contributed by atoms with Crippen LogP contribution < -0.4 is 0 Å². The van der Waals surface area contributed by atoms with Crippen molar-refractivity contribution in [2.45, 2.75) is 51.4 Å². The van der Waals surface area contributed by atoms with E-state index in [-0.39, 0.29) is 0 Å². The molecule has 0 spiro atoms. The Morgan fingerprint density at radius 2 is 1.59 bits per heavy atom. The number of ether oxygens (including phenoxy) is 1. The summed E-state index contributed by atoms with van der Waals surface area (Å²) in [5.74, 6) is 1.68. The van der Waals surface area contributed by atoms with Crippen molar-refractivity contribution in [2.24, 2.45) is 11.8 Å². The van der Waals surface area contributed by atoms with E-state index in [9.17, 15) is 4.39 Å². The molecule has 0 bridgehead atoms. The first-order valence-electron chi connectivity index (χ1n) is 8.63. The molecule has 22 heavy (non-hydrogen) atoms. The number of rotatable bonds is 8. The third kappa shape index (κ3) is 5.92. The van der Waals surface area contributed by atoms with Gasteiger partial charge in [-0.15, -0.1) is 0 Å². The minimum absolute atomic E-state index is 0.635. The second-order valence-electron chi connectivity index (χ2n) is 6.60. The number of benzene rings is 1. The third-order valence-electron chi connectivity index (χ3n) is 4.92. The molecule has 1 aromatic rings. The van der Waals surface area contributed by atoms with Crippen LogP contribution in [0.3, 0.4) is 0 Å². The summed E-state index contributed by atoms with van der Waals surface area (Å²) in [7, 11) is 1.81. The topological polar surface area (TPSA) is 9.23 Å². The summed E-state index contributed by atoms with van der Waals surface area (Å²) < 4.78 is 17.2. The zero-order valence-electron chi connectivity index (χ0n) is 13.8. The zero-order chi connectivity index (χ0) is 15.6. The van der Waals surface area contributed by atoms with Gasteiger partial charge in [0.05, 0.1) is 6.33 Å². The summed E-state index contributed by atoms with van der Waals surface area (Å²) in [4.78, 5) is 0. The first-order chi connectivity index (χ1) is 10.8. The molecule has 0 saturated heterocycles. The van der Waals surface area contributed by atoms with Gasteiger partial charge in [0.1, 0.15) is 0 Å². The molecule has 2 heteroatoms. The summed E-state index contributed by atoms with van der Waals surface area (Å²) in [5, 5.41) is 0. The van der Waals surface area contributed by atoms with Crippen LogP contribution >= 0.6 is 0 Å². The molecular formula is C20H29FO. The number of aryl methyl sites for hydroxylation is 2. The van der Waals surface area contributed by atoms with Crippen LogP contribution in [0.4, 0.5) is 4.39 Å². The normalized spacial score (nSPS) is 22.3. The van der Waals surface area contributed by atoms with Crippen molar-refractivity contribution in [1.29, 1.82) is 0 Å². The fraction of sp³-hybridized carbons (Fsp3) is 0.600. The number of halogens is 1. The molecule has 0 radical (unpaired) electrons. The average molecular weight is 304 g/mol. The van der Waals surface area contributed by atoms with Gasteiger partial charge in [-0.3, -0.25) is 0 Å². The number of allylic oxidation sites excluding steroid dienone is 1. The lowest BCUT2D eigenvalue weighted by Crippen LogP contribution is -2.18. The van der Waals surface area contributed by atoms with E-state index in [2.05, 4.69) is 24.3 Å². The number of hydrogen-bond donors (Lipinski definition) is 0. The molecule has 0 unspecified atom stereocenters. The molecule has 0 aliphatic heterocycles. The summed E-state index contributed by atoms with van der Waals surface area (Å²) in [6.45, 7) is 0.936. The standard InChI is InChI=1S/C20H29FO/c1-22-16-20-13-11-19(12-14-20)10-9-18-7-5-17(6-8-18)4-2-3-15-21/h3,5-8,15,19-20H,2,4,9-14,16H2,1H3/b15-3+/t19-,20-. The Labute approximate surface area is 134 Å². The van der Waals surface area contributed by atoms with Gasteiger partial charge in [0, 0.05) is 13.7 Å². The van der Waals surface area contributed by atoms with Gasteiger partial charge in [-0.25, -0.2) is 4.39 Å². The fourth-order valence-electron chi connectivity index (χ4n) is 3.48. The zero-order valence-corrected chi connectivity index (χ0v) is 13.8. The van der Waals surface area contributed by atoms with Crippen LogP contribution in [-0.4, -0.2) is 13.7 Å². The molecule has 1 nitrogen and oxygen atoms in total. The molecule has 122 valence electrons. The fourth-order valence-corrected chi connectivity index (χ4v) is 3.48. The van der Waals surface area contributed by atoms with Gasteiger partial charge in [-0.05, 0) is 61.5 Å². The Morgan fingerprint density at radius 1 is 1.00 bits per heavy atom. The molecule has 1 aliphatic carbocycles. The van der Waals surface area contributed by atoms with Gasteiger partial charge in [0.15, 0.2) is 0 Å². The van der Waals surface area contributed by atoms with Gasteiger partial charge in [0.2, 0.25) is 0 Å². The van der Waals surface area contributed by atoms with Crippen LogP contribution in [0.25, 0.3) is 0 Å². The van der Waals surface area contributed by atoms with Gasteiger partial charge in [-0.1, -0.05) is 43.2 Å². The predicted octanol–water partition coefficient (Wildman–Crippen LogP) is 5.49. The smallest absolute Gasteiger partial charge is 0.0827 e. The lowest BCUT2D eigenvalue weighted by Gasteiger charge is -2.28. The minimum Gasteiger partial charge on any atom is -0.384 e. The van der Waals surface area contributed by atoms with Crippen molar-refractivity contribution in [3.63, 3.8) is 0 Å². The van der Waals surface area contributed by atoms with Gasteiger partial charge in [0.25, 0.3) is 0 Å². The van der Waals surface area contributed by atoms with Gasteiger partial charge >= 0.3 is 0 Å². The van der Waals surface area contributed by atoms with Crippen molar-refractivity contribution in [2.75, 3.05) is 13.7 Å². The van der Waals surface area contributed by atoms with E-state index in [0.29, 0.717) is 6.33 Å². The summed E-state index contributed by atoms with van der Waals surface area (Å²) >= 11 is 0. The molecule has 0 N–H and O–H groups in total. The van der Waals surface area contributed by atoms with Crippen molar-refractivity contribution in [3.05, 3.63) is 47.8 Å². The van der Waals surface area contributed by atoms with Crippen LogP contribution in [0.5, 0.6) is 0 Å². The molecule has 1 aromatic carbocycles. The monoisotopic (exact) mass is 304 g/mol. The molecule has 1 aliphatic rings. The first-order valence-corrected chi connectivity index (χ1v) is 8.63. The number of hydrogen-bond acceptors (Lipinski definition) is 1. The Kier molecular flexibility index (Phi) is 7.65. The highest BCUT2D eigenvalue weighted by Gasteiger charge is 2.20. The maximum absolute atomic E-state index is 11.9. The first kappa shape index (κ1) is 17.2. The van der Waals surface area contributed by atoms with E-state index in [1.54, 1.807) is 6.08 Å². The molecular weight excluding hydrogens is 275 g/mol. The maximum Gasteiger partial charge on any atom is 0.0827 e. The van der Waals surface area contributed by atoms with Crippen LogP contribution in [-0.2, 0) is 17.6 Å². The quantitative estimate of drug-likeness (QED) is 0.617. The van der Waals surface area contributed by atoms with E-state index < -0.39 is 0 Å².